The van der Waals surface area contributed by atoms with Crippen LogP contribution in [0.5, 0.6) is 0 Å². The third-order valence-electron chi connectivity index (χ3n) is 1.75. The van der Waals surface area contributed by atoms with Gasteiger partial charge in [-0.25, -0.2) is 0 Å². The maximum atomic E-state index is 9.12. The van der Waals surface area contributed by atoms with Crippen molar-refractivity contribution in [3.8, 4) is 0 Å². The Morgan fingerprint density at radius 2 is 1.91 bits per heavy atom. The van der Waals surface area contributed by atoms with Gasteiger partial charge in [0, 0.05) is 6.42 Å². The number of hydrogen-bond acceptors (Lipinski definition) is 3. The Bertz CT molecular complexity index is 118. The topological polar surface area (TPSA) is 54.7 Å². The maximum Gasteiger partial charge on any atom is 0.164 e. The smallest absolute Gasteiger partial charge is 0.164 e. The fourth-order valence-corrected chi connectivity index (χ4v) is 1.46. The highest BCUT2D eigenvalue weighted by molar-refractivity contribution is 4.85. The van der Waals surface area contributed by atoms with E-state index in [9.17, 15) is 0 Å². The van der Waals surface area contributed by atoms with Crippen molar-refractivity contribution >= 4 is 0 Å². The lowest BCUT2D eigenvalue weighted by Gasteiger charge is -2.13. The lowest BCUT2D eigenvalue weighted by Crippen LogP contribution is -2.23. The van der Waals surface area contributed by atoms with Crippen LogP contribution in [-0.4, -0.2) is 16.9 Å². The van der Waals surface area contributed by atoms with E-state index in [1.54, 1.807) is 6.92 Å². The number of aliphatic hydroxyl groups is 1. The Kier molecular flexibility index (Phi) is 2.52. The standard InChI is InChI=1S/C8H17NO2/c1-6(2)4-8(9-11-8)5-7(3)10/h6-7,9-10H,4-5H2,1-3H3. The van der Waals surface area contributed by atoms with Crippen molar-refractivity contribution in [2.75, 3.05) is 0 Å². The predicted molar refractivity (Wildman–Crippen MR) is 42.7 cm³/mol. The Hall–Kier alpha value is -0.120. The zero-order valence-electron chi connectivity index (χ0n) is 7.42. The fraction of sp³-hybridized carbons (Fsp3) is 1.00. The molecule has 0 aromatic rings. The zero-order chi connectivity index (χ0) is 8.48. The van der Waals surface area contributed by atoms with E-state index < -0.39 is 0 Å². The molecule has 2 N–H and O–H groups in total. The van der Waals surface area contributed by atoms with Gasteiger partial charge >= 0.3 is 0 Å². The number of hydroxylamine groups is 1. The van der Waals surface area contributed by atoms with Crippen molar-refractivity contribution in [1.29, 1.82) is 0 Å². The second kappa shape index (κ2) is 3.09. The summed E-state index contributed by atoms with van der Waals surface area (Å²) in [5, 5.41) is 9.12. The molecule has 0 saturated carbocycles. The first-order valence-corrected chi connectivity index (χ1v) is 4.17. The van der Waals surface area contributed by atoms with Crippen molar-refractivity contribution in [2.45, 2.75) is 45.4 Å². The van der Waals surface area contributed by atoms with E-state index in [0.717, 1.165) is 6.42 Å². The van der Waals surface area contributed by atoms with Crippen LogP contribution in [0.1, 0.15) is 33.6 Å². The molecule has 0 aromatic carbocycles. The van der Waals surface area contributed by atoms with E-state index in [1.807, 2.05) is 0 Å². The molecule has 0 aromatic heterocycles. The quantitative estimate of drug-likeness (QED) is 0.602. The maximum absolute atomic E-state index is 9.12. The van der Waals surface area contributed by atoms with Crippen LogP contribution >= 0.6 is 0 Å². The SMILES string of the molecule is CC(C)CC1(CC(C)O)NO1. The molecular weight excluding hydrogens is 142 g/mol. The number of nitrogens with one attached hydrogen (secondary N) is 1. The van der Waals surface area contributed by atoms with Crippen LogP contribution in [0.15, 0.2) is 0 Å². The highest BCUT2D eigenvalue weighted by atomic mass is 16.8. The van der Waals surface area contributed by atoms with Crippen LogP contribution in [0.4, 0.5) is 0 Å². The summed E-state index contributed by atoms with van der Waals surface area (Å²) < 4.78 is 0. The zero-order valence-corrected chi connectivity index (χ0v) is 7.42. The Labute approximate surface area is 67.7 Å². The molecule has 66 valence electrons. The van der Waals surface area contributed by atoms with Gasteiger partial charge in [0.2, 0.25) is 0 Å². The molecule has 1 heterocycles. The molecule has 1 rings (SSSR count). The summed E-state index contributed by atoms with van der Waals surface area (Å²) in [5.41, 5.74) is 2.64. The first kappa shape index (κ1) is 8.97. The summed E-state index contributed by atoms with van der Waals surface area (Å²) in [6.45, 7) is 6.08. The van der Waals surface area contributed by atoms with Crippen LogP contribution in [0.25, 0.3) is 0 Å². The van der Waals surface area contributed by atoms with E-state index in [2.05, 4.69) is 19.3 Å². The molecule has 0 amide bonds. The lowest BCUT2D eigenvalue weighted by atomic mass is 9.98. The molecule has 1 aliphatic rings. The average molecular weight is 159 g/mol. The minimum Gasteiger partial charge on any atom is -0.393 e. The second-order valence-corrected chi connectivity index (χ2v) is 3.85. The van der Waals surface area contributed by atoms with Gasteiger partial charge in [-0.3, -0.25) is 4.84 Å². The van der Waals surface area contributed by atoms with E-state index in [0.29, 0.717) is 12.3 Å². The number of aliphatic hydroxyl groups excluding tert-OH is 1. The normalized spacial score (nSPS) is 32.5. The summed E-state index contributed by atoms with van der Waals surface area (Å²) in [6, 6.07) is 0. The van der Waals surface area contributed by atoms with Gasteiger partial charge in [0.05, 0.1) is 6.10 Å². The third-order valence-corrected chi connectivity index (χ3v) is 1.75. The molecular formula is C8H17NO2. The molecule has 11 heavy (non-hydrogen) atoms. The molecule has 0 radical (unpaired) electrons. The monoisotopic (exact) mass is 159 g/mol. The Morgan fingerprint density at radius 3 is 2.18 bits per heavy atom. The summed E-state index contributed by atoms with van der Waals surface area (Å²) in [7, 11) is 0. The van der Waals surface area contributed by atoms with Crippen LogP contribution in [0.2, 0.25) is 0 Å². The Morgan fingerprint density at radius 1 is 1.36 bits per heavy atom. The molecule has 3 nitrogen and oxygen atoms in total. The molecule has 0 bridgehead atoms. The average Bonchev–Trinajstić information content (AvgIpc) is 2.43. The van der Waals surface area contributed by atoms with Crippen molar-refractivity contribution in [3.05, 3.63) is 0 Å². The minimum absolute atomic E-state index is 0.206. The second-order valence-electron chi connectivity index (χ2n) is 3.85. The van der Waals surface area contributed by atoms with Crippen LogP contribution < -0.4 is 5.48 Å². The summed E-state index contributed by atoms with van der Waals surface area (Å²) in [6.07, 6.45) is 1.37. The Balaban J connectivity index is 2.29. The summed E-state index contributed by atoms with van der Waals surface area (Å²) in [4.78, 5) is 5.11. The molecule has 0 spiro atoms. The van der Waals surface area contributed by atoms with Gasteiger partial charge in [-0.05, 0) is 19.3 Å². The van der Waals surface area contributed by atoms with Gasteiger partial charge in [0.1, 0.15) is 0 Å². The molecule has 1 fully saturated rings. The predicted octanol–water partition coefficient (Wildman–Crippen LogP) is 1.03. The lowest BCUT2D eigenvalue weighted by molar-refractivity contribution is 0.129. The van der Waals surface area contributed by atoms with E-state index in [-0.39, 0.29) is 11.8 Å². The van der Waals surface area contributed by atoms with Gasteiger partial charge in [-0.2, -0.15) is 5.48 Å². The highest BCUT2D eigenvalue weighted by Crippen LogP contribution is 2.32. The van der Waals surface area contributed by atoms with E-state index in [4.69, 9.17) is 9.94 Å². The summed E-state index contributed by atoms with van der Waals surface area (Å²) in [5.74, 6) is 0.601. The number of hydrogen-bond donors (Lipinski definition) is 2. The molecule has 2 atom stereocenters. The van der Waals surface area contributed by atoms with Gasteiger partial charge in [0.15, 0.2) is 5.72 Å². The van der Waals surface area contributed by atoms with Gasteiger partial charge in [-0.15, -0.1) is 0 Å². The van der Waals surface area contributed by atoms with Gasteiger partial charge in [0.25, 0.3) is 0 Å². The largest absolute Gasteiger partial charge is 0.393 e. The first-order chi connectivity index (χ1) is 5.04. The van der Waals surface area contributed by atoms with E-state index in [1.165, 1.54) is 0 Å². The van der Waals surface area contributed by atoms with Gasteiger partial charge < -0.3 is 5.11 Å². The molecule has 2 unspecified atom stereocenters. The van der Waals surface area contributed by atoms with E-state index >= 15 is 0 Å². The van der Waals surface area contributed by atoms with Crippen LogP contribution in [0, 0.1) is 5.92 Å². The fourth-order valence-electron chi connectivity index (χ4n) is 1.46. The van der Waals surface area contributed by atoms with Crippen LogP contribution in [0.3, 0.4) is 0 Å². The van der Waals surface area contributed by atoms with Crippen molar-refractivity contribution in [1.82, 2.24) is 5.48 Å². The highest BCUT2D eigenvalue weighted by Gasteiger charge is 2.45. The number of rotatable bonds is 4. The molecule has 0 aliphatic carbocycles. The van der Waals surface area contributed by atoms with Crippen molar-refractivity contribution in [2.24, 2.45) is 5.92 Å². The van der Waals surface area contributed by atoms with Crippen molar-refractivity contribution < 1.29 is 9.94 Å². The third kappa shape index (κ3) is 2.77. The first-order valence-electron chi connectivity index (χ1n) is 4.17. The molecule has 1 saturated heterocycles. The van der Waals surface area contributed by atoms with Gasteiger partial charge in [-0.1, -0.05) is 13.8 Å². The van der Waals surface area contributed by atoms with Crippen molar-refractivity contribution in [3.63, 3.8) is 0 Å². The molecule has 1 aliphatic heterocycles. The minimum atomic E-state index is -0.288. The van der Waals surface area contributed by atoms with Crippen LogP contribution in [-0.2, 0) is 4.84 Å². The molecule has 3 heteroatoms. The summed E-state index contributed by atoms with van der Waals surface area (Å²) >= 11 is 0.